The van der Waals surface area contributed by atoms with Gasteiger partial charge in [-0.25, -0.2) is 0 Å². The lowest BCUT2D eigenvalue weighted by Crippen LogP contribution is -2.54. The minimum absolute atomic E-state index is 0.124. The summed E-state index contributed by atoms with van der Waals surface area (Å²) in [5, 5.41) is 0. The van der Waals surface area contributed by atoms with Gasteiger partial charge in [-0.2, -0.15) is 0 Å². The van der Waals surface area contributed by atoms with E-state index in [0.717, 1.165) is 30.2 Å². The summed E-state index contributed by atoms with van der Waals surface area (Å²) in [6.07, 6.45) is 0.686. The summed E-state index contributed by atoms with van der Waals surface area (Å²) in [4.78, 5) is 14.0. The van der Waals surface area contributed by atoms with Gasteiger partial charge in [0.05, 0.1) is 19.7 Å². The summed E-state index contributed by atoms with van der Waals surface area (Å²) in [5.74, 6) is 2.07. The van der Waals surface area contributed by atoms with Crippen molar-refractivity contribution >= 4 is 11.5 Å². The van der Waals surface area contributed by atoms with Crippen LogP contribution in [0.3, 0.4) is 0 Å². The van der Waals surface area contributed by atoms with Crippen molar-refractivity contribution in [3.8, 4) is 11.5 Å². The van der Waals surface area contributed by atoms with Crippen molar-refractivity contribution in [2.24, 2.45) is 0 Å². The number of ether oxygens (including phenoxy) is 3. The maximum atomic E-state index is 11.7. The average molecular weight is 383 g/mol. The molecule has 1 atom stereocenters. The molecule has 0 spiro atoms. The molecule has 0 amide bonds. The Kier molecular flexibility index (Phi) is 6.93. The highest BCUT2D eigenvalue weighted by Gasteiger charge is 2.28. The minimum Gasteiger partial charge on any atom is -0.494 e. The summed E-state index contributed by atoms with van der Waals surface area (Å²) >= 11 is 0. The number of nitrogens with zero attached hydrogens (tertiary/aromatic N) is 1. The molecule has 3 rings (SSSR count). The fraction of sp³-hybridized carbons (Fsp3) is 0.435. The van der Waals surface area contributed by atoms with Crippen molar-refractivity contribution in [3.05, 3.63) is 54.1 Å². The largest absolute Gasteiger partial charge is 0.494 e. The van der Waals surface area contributed by atoms with Crippen LogP contribution in [0.5, 0.6) is 11.5 Å². The summed E-state index contributed by atoms with van der Waals surface area (Å²) in [5.41, 5.74) is 2.33. The van der Waals surface area contributed by atoms with E-state index in [9.17, 15) is 4.79 Å². The first kappa shape index (κ1) is 20.2. The van der Waals surface area contributed by atoms with E-state index < -0.39 is 0 Å². The Balaban J connectivity index is 1.46. The number of Topliss-reactive ketones (excluding diaryl/α,β-unsaturated/α-hetero) is 1. The Labute approximate surface area is 167 Å². The molecule has 150 valence electrons. The van der Waals surface area contributed by atoms with Crippen LogP contribution in [0.2, 0.25) is 0 Å². The van der Waals surface area contributed by atoms with Crippen molar-refractivity contribution < 1.29 is 19.0 Å². The van der Waals surface area contributed by atoms with E-state index in [0.29, 0.717) is 13.0 Å². The fourth-order valence-corrected chi connectivity index (χ4v) is 3.39. The van der Waals surface area contributed by atoms with E-state index in [1.54, 1.807) is 7.11 Å². The smallest absolute Gasteiger partial charge is 0.159 e. The van der Waals surface area contributed by atoms with Gasteiger partial charge in [-0.3, -0.25) is 4.79 Å². The first-order valence-electron chi connectivity index (χ1n) is 9.84. The van der Waals surface area contributed by atoms with E-state index in [2.05, 4.69) is 24.0 Å². The molecule has 0 bridgehead atoms. The second-order valence-corrected chi connectivity index (χ2v) is 7.22. The molecule has 2 aromatic carbocycles. The number of hydrogen-bond acceptors (Lipinski definition) is 5. The lowest BCUT2D eigenvalue weighted by Gasteiger charge is -2.40. The van der Waals surface area contributed by atoms with Crippen LogP contribution in [0.15, 0.2) is 48.5 Å². The molecule has 0 N–H and O–H groups in total. The second kappa shape index (κ2) is 9.60. The highest BCUT2D eigenvalue weighted by Crippen LogP contribution is 2.27. The molecule has 1 aliphatic heterocycles. The first-order valence-corrected chi connectivity index (χ1v) is 9.84. The third kappa shape index (κ3) is 5.26. The Bertz CT molecular complexity index is 751. The number of hydrogen-bond donors (Lipinski definition) is 0. The quantitative estimate of drug-likeness (QED) is 0.619. The average Bonchev–Trinajstić information content (AvgIpc) is 2.66. The van der Waals surface area contributed by atoms with Gasteiger partial charge in [0.15, 0.2) is 5.78 Å². The zero-order valence-electron chi connectivity index (χ0n) is 16.9. The molecule has 2 aromatic rings. The molecule has 0 unspecified atom stereocenters. The van der Waals surface area contributed by atoms with E-state index in [1.807, 2.05) is 43.3 Å². The SMILES string of the molecule is CCOc1ccc(N2CC(Oc3ccc([C@H](C)CC(=O)COC)cc3)C2)cc1. The van der Waals surface area contributed by atoms with Gasteiger partial charge in [-0.1, -0.05) is 19.1 Å². The Morgan fingerprint density at radius 1 is 1.07 bits per heavy atom. The van der Waals surface area contributed by atoms with Crippen molar-refractivity contribution in [1.82, 2.24) is 0 Å². The third-order valence-corrected chi connectivity index (χ3v) is 4.95. The maximum Gasteiger partial charge on any atom is 0.159 e. The number of anilines is 1. The summed E-state index contributed by atoms with van der Waals surface area (Å²) in [6, 6.07) is 16.3. The summed E-state index contributed by atoms with van der Waals surface area (Å²) < 4.78 is 16.4. The Morgan fingerprint density at radius 2 is 1.71 bits per heavy atom. The summed E-state index contributed by atoms with van der Waals surface area (Å²) in [6.45, 7) is 6.65. The molecular formula is C23H29NO4. The van der Waals surface area contributed by atoms with Crippen LogP contribution < -0.4 is 14.4 Å². The molecule has 28 heavy (non-hydrogen) atoms. The highest BCUT2D eigenvalue weighted by molar-refractivity contribution is 5.80. The Hall–Kier alpha value is -2.53. The minimum atomic E-state index is 0.124. The molecule has 1 heterocycles. The molecule has 1 fully saturated rings. The van der Waals surface area contributed by atoms with Crippen molar-refractivity contribution in [2.45, 2.75) is 32.3 Å². The van der Waals surface area contributed by atoms with Crippen molar-refractivity contribution in [1.29, 1.82) is 0 Å². The van der Waals surface area contributed by atoms with Crippen molar-refractivity contribution in [2.75, 3.05) is 38.3 Å². The maximum absolute atomic E-state index is 11.7. The van der Waals surface area contributed by atoms with Crippen molar-refractivity contribution in [3.63, 3.8) is 0 Å². The number of carbonyl (C=O) groups is 1. The van der Waals surface area contributed by atoms with E-state index in [1.165, 1.54) is 5.69 Å². The van der Waals surface area contributed by atoms with Crippen LogP contribution >= 0.6 is 0 Å². The van der Waals surface area contributed by atoms with Crippen LogP contribution in [0, 0.1) is 0 Å². The zero-order chi connectivity index (χ0) is 19.9. The number of methoxy groups -OCH3 is 1. The van der Waals surface area contributed by atoms with Gasteiger partial charge in [0.2, 0.25) is 0 Å². The number of ketones is 1. The highest BCUT2D eigenvalue weighted by atomic mass is 16.5. The van der Waals surface area contributed by atoms with Gasteiger partial charge in [0.1, 0.15) is 24.2 Å². The molecular weight excluding hydrogens is 354 g/mol. The normalized spacial score (nSPS) is 15.0. The molecule has 0 aliphatic carbocycles. The fourth-order valence-electron chi connectivity index (χ4n) is 3.39. The molecule has 1 saturated heterocycles. The van der Waals surface area contributed by atoms with Crippen LogP contribution in [0.1, 0.15) is 31.7 Å². The molecule has 0 aromatic heterocycles. The number of carbonyl (C=O) groups excluding carboxylic acids is 1. The predicted molar refractivity (Wildman–Crippen MR) is 111 cm³/mol. The monoisotopic (exact) mass is 383 g/mol. The van der Waals surface area contributed by atoms with Crippen LogP contribution in [0.25, 0.3) is 0 Å². The standard InChI is InChI=1S/C23H29NO4/c1-4-27-21-11-7-19(8-12-21)24-14-23(15-24)28-22-9-5-18(6-10-22)17(2)13-20(25)16-26-3/h5-12,17,23H,4,13-16H2,1-3H3/t17-/m1/s1. The number of rotatable bonds is 10. The zero-order valence-corrected chi connectivity index (χ0v) is 16.9. The van der Waals surface area contributed by atoms with E-state index >= 15 is 0 Å². The topological polar surface area (TPSA) is 48.0 Å². The van der Waals surface area contributed by atoms with E-state index in [4.69, 9.17) is 14.2 Å². The van der Waals surface area contributed by atoms with Gasteiger partial charge in [0.25, 0.3) is 0 Å². The second-order valence-electron chi connectivity index (χ2n) is 7.22. The van der Waals surface area contributed by atoms with Gasteiger partial charge >= 0.3 is 0 Å². The molecule has 0 saturated carbocycles. The van der Waals surface area contributed by atoms with Gasteiger partial charge < -0.3 is 19.1 Å². The molecule has 0 radical (unpaired) electrons. The van der Waals surface area contributed by atoms with Gasteiger partial charge in [0, 0.05) is 19.2 Å². The first-order chi connectivity index (χ1) is 13.6. The van der Waals surface area contributed by atoms with Crippen LogP contribution in [-0.2, 0) is 9.53 Å². The van der Waals surface area contributed by atoms with Gasteiger partial charge in [-0.15, -0.1) is 0 Å². The predicted octanol–water partition coefficient (Wildman–Crippen LogP) is 4.06. The third-order valence-electron chi connectivity index (χ3n) is 4.95. The lowest BCUT2D eigenvalue weighted by molar-refractivity contribution is -0.122. The molecule has 5 heteroatoms. The molecule has 1 aliphatic rings. The van der Waals surface area contributed by atoms with Crippen LogP contribution in [-0.4, -0.2) is 45.3 Å². The summed E-state index contributed by atoms with van der Waals surface area (Å²) in [7, 11) is 1.55. The molecule has 5 nitrogen and oxygen atoms in total. The Morgan fingerprint density at radius 3 is 2.32 bits per heavy atom. The van der Waals surface area contributed by atoms with Gasteiger partial charge in [-0.05, 0) is 54.8 Å². The number of benzene rings is 2. The van der Waals surface area contributed by atoms with E-state index in [-0.39, 0.29) is 24.4 Å². The van der Waals surface area contributed by atoms with Crippen LogP contribution in [0.4, 0.5) is 5.69 Å². The lowest BCUT2D eigenvalue weighted by atomic mass is 9.96.